The summed E-state index contributed by atoms with van der Waals surface area (Å²) in [5.74, 6) is 0.355. The van der Waals surface area contributed by atoms with Gasteiger partial charge in [0.1, 0.15) is 28.2 Å². The van der Waals surface area contributed by atoms with Crippen molar-refractivity contribution in [3.05, 3.63) is 69.3 Å². The number of halogens is 2. The second-order valence-electron chi connectivity index (χ2n) is 5.20. The smallest absolute Gasteiger partial charge is 0.147 e. The zero-order chi connectivity index (χ0) is 18.5. The fourth-order valence-electron chi connectivity index (χ4n) is 2.19. The molecule has 0 amide bonds. The van der Waals surface area contributed by atoms with E-state index < -0.39 is 5.82 Å². The van der Waals surface area contributed by atoms with Gasteiger partial charge in [0, 0.05) is 21.6 Å². The predicted octanol–water partition coefficient (Wildman–Crippen LogP) is 5.70. The molecule has 0 fully saturated rings. The molecule has 3 aromatic rings. The van der Waals surface area contributed by atoms with Crippen LogP contribution in [0.1, 0.15) is 5.01 Å². The van der Waals surface area contributed by atoms with Crippen LogP contribution >= 0.6 is 27.3 Å². The van der Waals surface area contributed by atoms with Crippen molar-refractivity contribution in [2.24, 2.45) is 0 Å². The van der Waals surface area contributed by atoms with Gasteiger partial charge in [0.25, 0.3) is 0 Å². The van der Waals surface area contributed by atoms with Gasteiger partial charge in [-0.15, -0.1) is 11.3 Å². The molecular weight excluding hydrogens is 417 g/mol. The number of aromatic nitrogens is 1. The van der Waals surface area contributed by atoms with Crippen molar-refractivity contribution in [2.45, 2.75) is 0 Å². The number of nitrogens with zero attached hydrogens (tertiary/aromatic N) is 2. The SMILES string of the molecule is COc1ccc(-c2csc(/C(C#N)=C\Nc3ccc(Br)cc3F)n2)cc1. The molecule has 26 heavy (non-hydrogen) atoms. The average molecular weight is 430 g/mol. The maximum absolute atomic E-state index is 13.9. The highest BCUT2D eigenvalue weighted by Crippen LogP contribution is 2.27. The lowest BCUT2D eigenvalue weighted by Gasteiger charge is -2.03. The van der Waals surface area contributed by atoms with Crippen LogP contribution < -0.4 is 10.1 Å². The molecule has 0 radical (unpaired) electrons. The third-order valence-corrected chi connectivity index (χ3v) is 4.91. The zero-order valence-corrected chi connectivity index (χ0v) is 16.1. The van der Waals surface area contributed by atoms with Gasteiger partial charge in [0.15, 0.2) is 0 Å². The summed E-state index contributed by atoms with van der Waals surface area (Å²) in [5, 5.41) is 14.7. The highest BCUT2D eigenvalue weighted by molar-refractivity contribution is 9.10. The number of nitrogens with one attached hydrogen (secondary N) is 1. The van der Waals surface area contributed by atoms with Crippen LogP contribution in [0.4, 0.5) is 10.1 Å². The molecule has 130 valence electrons. The Morgan fingerprint density at radius 1 is 1.31 bits per heavy atom. The number of anilines is 1. The topological polar surface area (TPSA) is 57.9 Å². The van der Waals surface area contributed by atoms with Gasteiger partial charge in [-0.3, -0.25) is 0 Å². The molecule has 0 unspecified atom stereocenters. The van der Waals surface area contributed by atoms with Crippen molar-refractivity contribution in [1.29, 1.82) is 5.26 Å². The molecule has 7 heteroatoms. The summed E-state index contributed by atoms with van der Waals surface area (Å²) >= 11 is 4.56. The van der Waals surface area contributed by atoms with Crippen LogP contribution in [-0.4, -0.2) is 12.1 Å². The molecule has 1 aromatic heterocycles. The highest BCUT2D eigenvalue weighted by Gasteiger charge is 2.10. The maximum Gasteiger partial charge on any atom is 0.147 e. The summed E-state index contributed by atoms with van der Waals surface area (Å²) in [4.78, 5) is 4.50. The third kappa shape index (κ3) is 4.10. The van der Waals surface area contributed by atoms with Crippen LogP contribution in [-0.2, 0) is 0 Å². The quantitative estimate of drug-likeness (QED) is 0.528. The summed E-state index contributed by atoms with van der Waals surface area (Å²) < 4.78 is 19.7. The van der Waals surface area contributed by atoms with E-state index in [1.807, 2.05) is 29.6 Å². The van der Waals surface area contributed by atoms with Crippen molar-refractivity contribution in [3.8, 4) is 23.1 Å². The summed E-state index contributed by atoms with van der Waals surface area (Å²) in [6.07, 6.45) is 1.46. The maximum atomic E-state index is 13.9. The van der Waals surface area contributed by atoms with E-state index in [2.05, 4.69) is 32.3 Å². The first-order chi connectivity index (χ1) is 12.6. The number of allylic oxidation sites excluding steroid dienone is 1. The van der Waals surface area contributed by atoms with E-state index in [4.69, 9.17) is 4.74 Å². The standard InChI is InChI=1S/C19H13BrFN3OS/c1-25-15-5-2-12(3-6-15)18-11-26-19(24-18)13(9-22)10-23-17-7-4-14(20)8-16(17)21/h2-8,10-11,23H,1H3/b13-10-. The lowest BCUT2D eigenvalue weighted by atomic mass is 10.2. The molecule has 0 spiro atoms. The minimum Gasteiger partial charge on any atom is -0.497 e. The lowest BCUT2D eigenvalue weighted by molar-refractivity contribution is 0.415. The summed E-state index contributed by atoms with van der Waals surface area (Å²) in [6.45, 7) is 0. The van der Waals surface area contributed by atoms with E-state index in [0.29, 0.717) is 15.1 Å². The summed E-state index contributed by atoms with van der Waals surface area (Å²) in [7, 11) is 1.61. The monoisotopic (exact) mass is 429 g/mol. The van der Waals surface area contributed by atoms with E-state index in [-0.39, 0.29) is 5.69 Å². The Labute approximate surface area is 162 Å². The Hall–Kier alpha value is -2.69. The Balaban J connectivity index is 1.82. The molecule has 0 bridgehead atoms. The van der Waals surface area contributed by atoms with Crippen LogP contribution in [0.15, 0.2) is 58.5 Å². The van der Waals surface area contributed by atoms with Gasteiger partial charge in [-0.2, -0.15) is 5.26 Å². The van der Waals surface area contributed by atoms with Crippen molar-refractivity contribution in [2.75, 3.05) is 12.4 Å². The number of ether oxygens (including phenoxy) is 1. The Bertz CT molecular complexity index is 993. The van der Waals surface area contributed by atoms with Gasteiger partial charge in [-0.25, -0.2) is 9.37 Å². The zero-order valence-electron chi connectivity index (χ0n) is 13.7. The van der Waals surface area contributed by atoms with Crippen molar-refractivity contribution in [3.63, 3.8) is 0 Å². The van der Waals surface area contributed by atoms with Crippen molar-refractivity contribution < 1.29 is 9.13 Å². The number of benzene rings is 2. The Morgan fingerprint density at radius 3 is 2.73 bits per heavy atom. The fraction of sp³-hybridized carbons (Fsp3) is 0.0526. The lowest BCUT2D eigenvalue weighted by Crippen LogP contribution is -1.94. The van der Waals surface area contributed by atoms with Crippen LogP contribution in [0.25, 0.3) is 16.8 Å². The van der Waals surface area contributed by atoms with E-state index in [1.165, 1.54) is 23.6 Å². The first-order valence-electron chi connectivity index (χ1n) is 7.53. The molecule has 0 aliphatic carbocycles. The fourth-order valence-corrected chi connectivity index (χ4v) is 3.32. The molecule has 3 rings (SSSR count). The number of hydrogen-bond acceptors (Lipinski definition) is 5. The van der Waals surface area contributed by atoms with Gasteiger partial charge in [-0.05, 0) is 42.5 Å². The van der Waals surface area contributed by atoms with Crippen LogP contribution in [0, 0.1) is 17.1 Å². The largest absolute Gasteiger partial charge is 0.497 e. The van der Waals surface area contributed by atoms with Crippen LogP contribution in [0.5, 0.6) is 5.75 Å². The summed E-state index contributed by atoms with van der Waals surface area (Å²) in [5.41, 5.74) is 2.31. The van der Waals surface area contributed by atoms with Gasteiger partial charge >= 0.3 is 0 Å². The second-order valence-corrected chi connectivity index (χ2v) is 6.98. The first kappa shape index (κ1) is 18.1. The van der Waals surface area contributed by atoms with E-state index in [0.717, 1.165) is 17.0 Å². The minimum absolute atomic E-state index is 0.285. The number of thiazole rings is 1. The molecule has 0 saturated carbocycles. The van der Waals surface area contributed by atoms with Crippen molar-refractivity contribution >= 4 is 38.5 Å². The third-order valence-electron chi connectivity index (χ3n) is 3.54. The first-order valence-corrected chi connectivity index (χ1v) is 9.20. The molecule has 4 nitrogen and oxygen atoms in total. The molecule has 0 atom stereocenters. The Kier molecular flexibility index (Phi) is 5.66. The van der Waals surface area contributed by atoms with Crippen molar-refractivity contribution in [1.82, 2.24) is 4.98 Å². The predicted molar refractivity (Wildman–Crippen MR) is 105 cm³/mol. The Morgan fingerprint density at radius 2 is 2.08 bits per heavy atom. The number of rotatable bonds is 5. The summed E-state index contributed by atoms with van der Waals surface area (Å²) in [6, 6.07) is 14.3. The van der Waals surface area contributed by atoms with Gasteiger partial charge in [-0.1, -0.05) is 15.9 Å². The average Bonchev–Trinajstić information content (AvgIpc) is 3.14. The van der Waals surface area contributed by atoms with Gasteiger partial charge in [0.05, 0.1) is 18.5 Å². The van der Waals surface area contributed by atoms with E-state index in [9.17, 15) is 9.65 Å². The van der Waals surface area contributed by atoms with Gasteiger partial charge < -0.3 is 10.1 Å². The minimum atomic E-state index is -0.411. The molecule has 1 N–H and O–H groups in total. The van der Waals surface area contributed by atoms with Crippen LogP contribution in [0.2, 0.25) is 0 Å². The molecule has 0 aliphatic rings. The molecular formula is C19H13BrFN3OS. The number of hydrogen-bond donors (Lipinski definition) is 1. The second kappa shape index (κ2) is 8.13. The van der Waals surface area contributed by atoms with E-state index in [1.54, 1.807) is 19.2 Å². The van der Waals surface area contributed by atoms with Gasteiger partial charge in [0.2, 0.25) is 0 Å². The molecule has 0 aliphatic heterocycles. The molecule has 1 heterocycles. The molecule has 2 aromatic carbocycles. The molecule has 0 saturated heterocycles. The van der Waals surface area contributed by atoms with E-state index >= 15 is 0 Å². The normalized spacial score (nSPS) is 11.1. The number of methoxy groups -OCH3 is 1. The number of nitriles is 1. The van der Waals surface area contributed by atoms with Crippen LogP contribution in [0.3, 0.4) is 0 Å². The highest BCUT2D eigenvalue weighted by atomic mass is 79.9.